The van der Waals surface area contributed by atoms with Gasteiger partial charge in [-0.3, -0.25) is 4.79 Å². The van der Waals surface area contributed by atoms with Crippen LogP contribution in [0, 0.1) is 0 Å². The Bertz CT molecular complexity index is 593. The topological polar surface area (TPSA) is 58.6 Å². The predicted molar refractivity (Wildman–Crippen MR) is 75.4 cm³/mol. The number of nitrogens with zero attached hydrogens (tertiary/aromatic N) is 1. The maximum Gasteiger partial charge on any atom is 0.322 e. The highest BCUT2D eigenvalue weighted by Crippen LogP contribution is 2.31. The van der Waals surface area contributed by atoms with Gasteiger partial charge in [0.1, 0.15) is 5.75 Å². The first-order valence-electron chi connectivity index (χ1n) is 6.35. The first kappa shape index (κ1) is 14.1. The number of Topliss-reactive ketones (excluding diaryl/α,β-unsaturated/α-hetero) is 1. The molecule has 2 amide bonds. The van der Waals surface area contributed by atoms with Crippen LogP contribution in [-0.4, -0.2) is 30.9 Å². The Balaban J connectivity index is 2.53. The van der Waals surface area contributed by atoms with Gasteiger partial charge in [-0.2, -0.15) is 0 Å². The fraction of sp³-hybridized carbons (Fsp3) is 0.333. The van der Waals surface area contributed by atoms with Crippen molar-refractivity contribution in [2.45, 2.75) is 19.9 Å². The monoisotopic (exact) mass is 274 g/mol. The van der Waals surface area contributed by atoms with E-state index in [1.807, 2.05) is 24.3 Å². The second-order valence-electron chi connectivity index (χ2n) is 4.77. The van der Waals surface area contributed by atoms with Gasteiger partial charge >= 0.3 is 6.03 Å². The summed E-state index contributed by atoms with van der Waals surface area (Å²) in [6, 6.07) is 6.70. The molecule has 0 saturated carbocycles. The van der Waals surface area contributed by atoms with Gasteiger partial charge < -0.3 is 15.0 Å². The summed E-state index contributed by atoms with van der Waals surface area (Å²) in [6.45, 7) is 3.29. The van der Waals surface area contributed by atoms with Crippen LogP contribution in [0.1, 0.15) is 25.5 Å². The smallest absolute Gasteiger partial charge is 0.322 e. The summed E-state index contributed by atoms with van der Waals surface area (Å²) in [5, 5.41) is 2.85. The molecule has 0 radical (unpaired) electrons. The summed E-state index contributed by atoms with van der Waals surface area (Å²) >= 11 is 0. The summed E-state index contributed by atoms with van der Waals surface area (Å²) in [6.07, 6.45) is 0. The zero-order valence-electron chi connectivity index (χ0n) is 12.1. The fourth-order valence-electron chi connectivity index (χ4n) is 2.36. The summed E-state index contributed by atoms with van der Waals surface area (Å²) in [7, 11) is 3.23. The van der Waals surface area contributed by atoms with Crippen molar-refractivity contribution in [3.8, 4) is 5.75 Å². The summed E-state index contributed by atoms with van der Waals surface area (Å²) < 4.78 is 5.19. The van der Waals surface area contributed by atoms with Crippen molar-refractivity contribution in [1.29, 1.82) is 0 Å². The number of hydrogen-bond acceptors (Lipinski definition) is 3. The number of ketones is 1. The van der Waals surface area contributed by atoms with Crippen molar-refractivity contribution in [3.05, 3.63) is 41.1 Å². The molecule has 0 saturated heterocycles. The first-order chi connectivity index (χ1) is 9.45. The minimum Gasteiger partial charge on any atom is -0.497 e. The molecule has 1 aromatic carbocycles. The number of hydrogen-bond donors (Lipinski definition) is 1. The van der Waals surface area contributed by atoms with Crippen molar-refractivity contribution < 1.29 is 14.3 Å². The molecule has 0 bridgehead atoms. The Morgan fingerprint density at radius 1 is 1.40 bits per heavy atom. The highest BCUT2D eigenvalue weighted by molar-refractivity contribution is 5.98. The maximum absolute atomic E-state index is 11.9. The summed E-state index contributed by atoms with van der Waals surface area (Å²) in [5.41, 5.74) is 2.10. The Labute approximate surface area is 118 Å². The van der Waals surface area contributed by atoms with Gasteiger partial charge in [-0.25, -0.2) is 4.79 Å². The number of benzene rings is 1. The average molecular weight is 274 g/mol. The van der Waals surface area contributed by atoms with E-state index < -0.39 is 6.04 Å². The number of nitrogens with one attached hydrogen (secondary N) is 1. The van der Waals surface area contributed by atoms with E-state index in [4.69, 9.17) is 4.74 Å². The van der Waals surface area contributed by atoms with E-state index in [1.54, 1.807) is 21.1 Å². The molecule has 0 aliphatic carbocycles. The van der Waals surface area contributed by atoms with Crippen LogP contribution in [0.15, 0.2) is 35.5 Å². The van der Waals surface area contributed by atoms with Gasteiger partial charge in [0.2, 0.25) is 0 Å². The molecule has 5 nitrogen and oxygen atoms in total. The lowest BCUT2D eigenvalue weighted by Gasteiger charge is -2.33. The largest absolute Gasteiger partial charge is 0.497 e. The van der Waals surface area contributed by atoms with Gasteiger partial charge in [-0.1, -0.05) is 12.1 Å². The van der Waals surface area contributed by atoms with Gasteiger partial charge in [-0.15, -0.1) is 0 Å². The zero-order chi connectivity index (χ0) is 14.9. The number of urea groups is 1. The first-order valence-corrected chi connectivity index (χ1v) is 6.35. The molecule has 1 aromatic rings. The highest BCUT2D eigenvalue weighted by atomic mass is 16.5. The molecule has 2 rings (SSSR count). The molecular weight excluding hydrogens is 256 g/mol. The van der Waals surface area contributed by atoms with E-state index in [-0.39, 0.29) is 11.8 Å². The molecule has 1 atom stereocenters. The second kappa shape index (κ2) is 5.36. The molecule has 0 fully saturated rings. The van der Waals surface area contributed by atoms with Gasteiger partial charge in [-0.05, 0) is 31.5 Å². The Hall–Kier alpha value is -2.30. The van der Waals surface area contributed by atoms with E-state index >= 15 is 0 Å². The SMILES string of the molecule is COc1cccc(C2NC(=O)N(C)C(C)=C2C(C)=O)c1. The van der Waals surface area contributed by atoms with Crippen LogP contribution >= 0.6 is 0 Å². The fourth-order valence-corrected chi connectivity index (χ4v) is 2.36. The maximum atomic E-state index is 11.9. The van der Waals surface area contributed by atoms with Crippen LogP contribution in [0.2, 0.25) is 0 Å². The highest BCUT2D eigenvalue weighted by Gasteiger charge is 2.32. The molecule has 0 spiro atoms. The van der Waals surface area contributed by atoms with Crippen molar-refractivity contribution in [2.75, 3.05) is 14.2 Å². The third-order valence-corrected chi connectivity index (χ3v) is 3.56. The molecule has 1 aliphatic heterocycles. The number of amides is 2. The number of rotatable bonds is 3. The normalized spacial score (nSPS) is 18.9. The third-order valence-electron chi connectivity index (χ3n) is 3.56. The van der Waals surface area contributed by atoms with Crippen molar-refractivity contribution in [3.63, 3.8) is 0 Å². The van der Waals surface area contributed by atoms with Crippen LogP contribution in [0.25, 0.3) is 0 Å². The van der Waals surface area contributed by atoms with Crippen molar-refractivity contribution in [2.24, 2.45) is 0 Å². The molecule has 106 valence electrons. The van der Waals surface area contributed by atoms with Crippen LogP contribution < -0.4 is 10.1 Å². The number of carbonyl (C=O) groups is 2. The number of carbonyl (C=O) groups excluding carboxylic acids is 2. The van der Waals surface area contributed by atoms with Gasteiger partial charge in [0.15, 0.2) is 5.78 Å². The van der Waals surface area contributed by atoms with Crippen LogP contribution in [0.4, 0.5) is 4.79 Å². The second-order valence-corrected chi connectivity index (χ2v) is 4.77. The molecule has 1 heterocycles. The standard InChI is InChI=1S/C15H18N2O3/c1-9-13(10(2)18)14(16-15(19)17(9)3)11-6-5-7-12(8-11)20-4/h5-8,14H,1-4H3,(H,16,19). The van der Waals surface area contributed by atoms with E-state index in [2.05, 4.69) is 5.32 Å². The Kier molecular flexibility index (Phi) is 3.79. The van der Waals surface area contributed by atoms with Gasteiger partial charge in [0.05, 0.1) is 13.2 Å². The number of ether oxygens (including phenoxy) is 1. The molecule has 1 unspecified atom stereocenters. The molecular formula is C15H18N2O3. The third kappa shape index (κ3) is 2.39. The molecule has 1 aliphatic rings. The molecule has 0 aromatic heterocycles. The average Bonchev–Trinajstić information content (AvgIpc) is 2.43. The Morgan fingerprint density at radius 3 is 2.70 bits per heavy atom. The molecule has 20 heavy (non-hydrogen) atoms. The number of methoxy groups -OCH3 is 1. The van der Waals surface area contributed by atoms with E-state index in [0.29, 0.717) is 17.0 Å². The lowest BCUT2D eigenvalue weighted by molar-refractivity contribution is -0.114. The minimum atomic E-state index is -0.439. The molecule has 5 heteroatoms. The lowest BCUT2D eigenvalue weighted by Crippen LogP contribution is -2.45. The number of allylic oxidation sites excluding steroid dienone is 1. The van der Waals surface area contributed by atoms with E-state index in [0.717, 1.165) is 5.56 Å². The lowest BCUT2D eigenvalue weighted by atomic mass is 9.92. The van der Waals surface area contributed by atoms with Crippen LogP contribution in [0.3, 0.4) is 0 Å². The van der Waals surface area contributed by atoms with E-state index in [9.17, 15) is 9.59 Å². The van der Waals surface area contributed by atoms with Crippen molar-refractivity contribution >= 4 is 11.8 Å². The Morgan fingerprint density at radius 2 is 2.10 bits per heavy atom. The van der Waals surface area contributed by atoms with Crippen molar-refractivity contribution in [1.82, 2.24) is 10.2 Å². The molecule has 1 N–H and O–H groups in total. The quantitative estimate of drug-likeness (QED) is 0.919. The summed E-state index contributed by atoms with van der Waals surface area (Å²) in [5.74, 6) is 0.637. The van der Waals surface area contributed by atoms with Crippen LogP contribution in [0.5, 0.6) is 5.75 Å². The van der Waals surface area contributed by atoms with Crippen LogP contribution in [-0.2, 0) is 4.79 Å². The van der Waals surface area contributed by atoms with Gasteiger partial charge in [0.25, 0.3) is 0 Å². The minimum absolute atomic E-state index is 0.0535. The predicted octanol–water partition coefficient (Wildman–Crippen LogP) is 2.25. The van der Waals surface area contributed by atoms with Gasteiger partial charge in [0, 0.05) is 18.3 Å². The summed E-state index contributed by atoms with van der Waals surface area (Å²) in [4.78, 5) is 25.3. The zero-order valence-corrected chi connectivity index (χ0v) is 12.1. The van der Waals surface area contributed by atoms with E-state index in [1.165, 1.54) is 11.8 Å².